The highest BCUT2D eigenvalue weighted by molar-refractivity contribution is 6.00. The summed E-state index contributed by atoms with van der Waals surface area (Å²) in [5, 5.41) is 23.5. The number of nitriles is 1. The van der Waals surface area contributed by atoms with E-state index in [1.807, 2.05) is 6.07 Å². The van der Waals surface area contributed by atoms with Crippen molar-refractivity contribution in [2.45, 2.75) is 12.8 Å². The van der Waals surface area contributed by atoms with Crippen LogP contribution in [-0.2, 0) is 19.1 Å². The van der Waals surface area contributed by atoms with Crippen LogP contribution in [0.4, 0.5) is 5.69 Å². The van der Waals surface area contributed by atoms with Gasteiger partial charge in [-0.05, 0) is 6.92 Å². The van der Waals surface area contributed by atoms with E-state index in [1.165, 1.54) is 31.2 Å². The maximum atomic E-state index is 12.3. The fourth-order valence-electron chi connectivity index (χ4n) is 2.84. The number of para-hydroxylation sites is 1. The van der Waals surface area contributed by atoms with Gasteiger partial charge in [0, 0.05) is 17.3 Å². The molecule has 1 N–H and O–H groups in total. The molecule has 0 fully saturated rings. The van der Waals surface area contributed by atoms with Crippen LogP contribution in [0.15, 0.2) is 46.8 Å². The predicted octanol–water partition coefficient (Wildman–Crippen LogP) is 1.68. The summed E-state index contributed by atoms with van der Waals surface area (Å²) in [7, 11) is 2.27. The third kappa shape index (κ3) is 3.12. The summed E-state index contributed by atoms with van der Waals surface area (Å²) >= 11 is 0. The summed E-state index contributed by atoms with van der Waals surface area (Å²) < 4.78 is 9.52. The first-order valence-electron chi connectivity index (χ1n) is 7.39. The maximum Gasteiger partial charge on any atom is 0.337 e. The van der Waals surface area contributed by atoms with Crippen LogP contribution in [-0.4, -0.2) is 31.1 Å². The van der Waals surface area contributed by atoms with E-state index in [4.69, 9.17) is 9.47 Å². The first-order chi connectivity index (χ1) is 12.4. The summed E-state index contributed by atoms with van der Waals surface area (Å²) in [5.74, 6) is -2.85. The zero-order valence-electron chi connectivity index (χ0n) is 14.2. The van der Waals surface area contributed by atoms with Crippen molar-refractivity contribution in [1.29, 1.82) is 5.26 Å². The van der Waals surface area contributed by atoms with Crippen LogP contribution >= 0.6 is 0 Å². The molecule has 26 heavy (non-hydrogen) atoms. The van der Waals surface area contributed by atoms with Crippen LogP contribution in [0.1, 0.15) is 18.4 Å². The Morgan fingerprint density at radius 2 is 1.77 bits per heavy atom. The standard InChI is InChI=1S/C17H15N3O6/c1-9-13(16(21)25-2)14(10-6-4-5-7-12(10)20(23)24)15(17(22)26-3)11(8-18)19-9/h4-7,14,19H,1-3H3. The van der Waals surface area contributed by atoms with Crippen LogP contribution in [0, 0.1) is 21.4 Å². The number of rotatable bonds is 4. The molecule has 134 valence electrons. The summed E-state index contributed by atoms with van der Waals surface area (Å²) in [5.41, 5.74) is -0.329. The second-order valence-electron chi connectivity index (χ2n) is 5.30. The Labute approximate surface area is 148 Å². The molecule has 1 aliphatic rings. The molecule has 0 bridgehead atoms. The molecule has 1 aliphatic heterocycles. The van der Waals surface area contributed by atoms with Gasteiger partial charge in [0.05, 0.1) is 36.2 Å². The minimum atomic E-state index is -1.19. The number of carbonyl (C=O) groups is 2. The van der Waals surface area contributed by atoms with Crippen LogP contribution < -0.4 is 5.32 Å². The Morgan fingerprint density at radius 3 is 2.31 bits per heavy atom. The van der Waals surface area contributed by atoms with Gasteiger partial charge < -0.3 is 14.8 Å². The minimum absolute atomic E-state index is 0.0128. The fourth-order valence-corrected chi connectivity index (χ4v) is 2.84. The predicted molar refractivity (Wildman–Crippen MR) is 88.3 cm³/mol. The SMILES string of the molecule is COC(=O)C1=C(C)NC(C#N)=C(C(=O)OC)C1c1ccccc1[N+](=O)[O-]. The van der Waals surface area contributed by atoms with E-state index in [0.717, 1.165) is 14.2 Å². The Hall–Kier alpha value is -3.67. The molecule has 1 aromatic rings. The largest absolute Gasteiger partial charge is 0.466 e. The zero-order chi connectivity index (χ0) is 19.4. The van der Waals surface area contributed by atoms with Gasteiger partial charge in [0.1, 0.15) is 11.8 Å². The van der Waals surface area contributed by atoms with Gasteiger partial charge in [0.2, 0.25) is 0 Å². The number of ether oxygens (including phenoxy) is 2. The van der Waals surface area contributed by atoms with E-state index in [2.05, 4.69) is 5.32 Å². The molecular formula is C17H15N3O6. The number of benzene rings is 1. The number of esters is 2. The van der Waals surface area contributed by atoms with Crippen molar-refractivity contribution in [2.24, 2.45) is 0 Å². The van der Waals surface area contributed by atoms with Crippen LogP contribution in [0.3, 0.4) is 0 Å². The monoisotopic (exact) mass is 357 g/mol. The normalized spacial score (nSPS) is 16.5. The molecule has 0 saturated carbocycles. The molecule has 1 aromatic carbocycles. The van der Waals surface area contributed by atoms with Crippen LogP contribution in [0.2, 0.25) is 0 Å². The molecule has 1 heterocycles. The van der Waals surface area contributed by atoms with Crippen LogP contribution in [0.5, 0.6) is 0 Å². The number of hydrogen-bond donors (Lipinski definition) is 1. The van der Waals surface area contributed by atoms with Gasteiger partial charge in [-0.25, -0.2) is 9.59 Å². The lowest BCUT2D eigenvalue weighted by Crippen LogP contribution is -2.32. The van der Waals surface area contributed by atoms with E-state index in [1.54, 1.807) is 0 Å². The van der Waals surface area contributed by atoms with Crippen molar-refractivity contribution in [3.63, 3.8) is 0 Å². The molecule has 0 saturated heterocycles. The second kappa shape index (κ2) is 7.48. The van der Waals surface area contributed by atoms with Gasteiger partial charge in [-0.3, -0.25) is 10.1 Å². The van der Waals surface area contributed by atoms with E-state index in [9.17, 15) is 25.0 Å². The summed E-state index contributed by atoms with van der Waals surface area (Å²) in [6.45, 7) is 1.51. The smallest absolute Gasteiger partial charge is 0.337 e. The van der Waals surface area contributed by atoms with Gasteiger partial charge in [-0.2, -0.15) is 5.26 Å². The minimum Gasteiger partial charge on any atom is -0.466 e. The van der Waals surface area contributed by atoms with E-state index in [-0.39, 0.29) is 33.8 Å². The average Bonchev–Trinajstić information content (AvgIpc) is 2.65. The quantitative estimate of drug-likeness (QED) is 0.489. The number of carbonyl (C=O) groups excluding carboxylic acids is 2. The van der Waals surface area contributed by atoms with E-state index < -0.39 is 22.8 Å². The van der Waals surface area contributed by atoms with Gasteiger partial charge in [-0.1, -0.05) is 18.2 Å². The molecule has 0 radical (unpaired) electrons. The molecule has 0 spiro atoms. The molecule has 9 heteroatoms. The van der Waals surface area contributed by atoms with Gasteiger partial charge >= 0.3 is 11.9 Å². The number of methoxy groups -OCH3 is 2. The van der Waals surface area contributed by atoms with Gasteiger partial charge in [0.25, 0.3) is 5.69 Å². The Balaban J connectivity index is 2.87. The Bertz CT molecular complexity index is 894. The number of nitrogens with zero attached hydrogens (tertiary/aromatic N) is 2. The first-order valence-corrected chi connectivity index (χ1v) is 7.39. The highest BCUT2D eigenvalue weighted by Gasteiger charge is 2.41. The summed E-state index contributed by atoms with van der Waals surface area (Å²) in [6, 6.07) is 7.51. The van der Waals surface area contributed by atoms with Crippen molar-refractivity contribution in [3.05, 3.63) is 62.5 Å². The molecule has 9 nitrogen and oxygen atoms in total. The highest BCUT2D eigenvalue weighted by Crippen LogP contribution is 2.42. The lowest BCUT2D eigenvalue weighted by Gasteiger charge is -2.28. The molecule has 0 amide bonds. The van der Waals surface area contributed by atoms with Crippen molar-refractivity contribution < 1.29 is 24.0 Å². The third-order valence-corrected chi connectivity index (χ3v) is 3.93. The third-order valence-electron chi connectivity index (χ3n) is 3.93. The first kappa shape index (κ1) is 18.7. The Kier molecular flexibility index (Phi) is 5.37. The van der Waals surface area contributed by atoms with E-state index >= 15 is 0 Å². The highest BCUT2D eigenvalue weighted by atomic mass is 16.6. The van der Waals surface area contributed by atoms with Crippen molar-refractivity contribution >= 4 is 17.6 Å². The lowest BCUT2D eigenvalue weighted by molar-refractivity contribution is -0.385. The summed E-state index contributed by atoms with van der Waals surface area (Å²) in [4.78, 5) is 35.5. The Morgan fingerprint density at radius 1 is 1.19 bits per heavy atom. The molecular weight excluding hydrogens is 342 g/mol. The number of allylic oxidation sites excluding steroid dienone is 2. The number of nitro benzene ring substituents is 1. The zero-order valence-corrected chi connectivity index (χ0v) is 14.2. The second-order valence-corrected chi connectivity index (χ2v) is 5.30. The van der Waals surface area contributed by atoms with Crippen LogP contribution in [0.25, 0.3) is 0 Å². The van der Waals surface area contributed by atoms with Gasteiger partial charge in [-0.15, -0.1) is 0 Å². The molecule has 1 atom stereocenters. The lowest BCUT2D eigenvalue weighted by atomic mass is 9.79. The average molecular weight is 357 g/mol. The fraction of sp³-hybridized carbons (Fsp3) is 0.235. The number of dihydropyridines is 1. The number of hydrogen-bond acceptors (Lipinski definition) is 8. The van der Waals surface area contributed by atoms with Crippen molar-refractivity contribution in [2.75, 3.05) is 14.2 Å². The maximum absolute atomic E-state index is 12.3. The molecule has 0 aromatic heterocycles. The topological polar surface area (TPSA) is 132 Å². The number of nitro groups is 1. The number of nitrogens with one attached hydrogen (secondary N) is 1. The van der Waals surface area contributed by atoms with Gasteiger partial charge in [0.15, 0.2) is 0 Å². The van der Waals surface area contributed by atoms with E-state index in [0.29, 0.717) is 0 Å². The molecule has 1 unspecified atom stereocenters. The van der Waals surface area contributed by atoms with Crippen molar-refractivity contribution in [1.82, 2.24) is 5.32 Å². The molecule has 2 rings (SSSR count). The molecule has 0 aliphatic carbocycles. The van der Waals surface area contributed by atoms with Crippen molar-refractivity contribution in [3.8, 4) is 6.07 Å². The summed E-state index contributed by atoms with van der Waals surface area (Å²) in [6.07, 6.45) is 0.